The van der Waals surface area contributed by atoms with Crippen LogP contribution in [0.5, 0.6) is 0 Å². The van der Waals surface area contributed by atoms with E-state index >= 15 is 0 Å². The molecule has 2 heterocycles. The molecule has 222 valence electrons. The second-order valence-electron chi connectivity index (χ2n) is 11.4. The van der Waals surface area contributed by atoms with Gasteiger partial charge in [-0.1, -0.05) is 102 Å². The maximum atomic E-state index is 5.69. The molecule has 0 spiro atoms. The summed E-state index contributed by atoms with van der Waals surface area (Å²) in [6.45, 7) is 18.4. The first-order chi connectivity index (χ1) is 17.9. The monoisotopic (exact) mass is 799 g/mol. The van der Waals surface area contributed by atoms with Gasteiger partial charge in [-0.3, -0.25) is 0 Å². The van der Waals surface area contributed by atoms with Crippen LogP contribution in [0.15, 0.2) is 70.6 Å². The van der Waals surface area contributed by atoms with Crippen molar-refractivity contribution in [1.29, 1.82) is 0 Å². The number of rotatable bonds is 4. The van der Waals surface area contributed by atoms with Crippen molar-refractivity contribution < 1.29 is 21.6 Å². The number of benzene rings is 2. The second kappa shape index (κ2) is 14.9. The van der Waals surface area contributed by atoms with E-state index in [0.717, 1.165) is 24.9 Å². The Morgan fingerprint density at radius 1 is 0.641 bits per heavy atom. The number of aliphatic imine (C=N–C) groups is 2. The van der Waals surface area contributed by atoms with Crippen LogP contribution in [0.25, 0.3) is 0 Å². The van der Waals surface area contributed by atoms with E-state index in [1.807, 2.05) is 60.4 Å². The fourth-order valence-electron chi connectivity index (χ4n) is 3.98. The van der Waals surface area contributed by atoms with Crippen molar-refractivity contribution >= 4 is 49.5 Å². The first-order valence-corrected chi connectivity index (χ1v) is 23.7. The Morgan fingerprint density at radius 2 is 0.923 bits per heavy atom. The minimum absolute atomic E-state index is 0.0759. The van der Waals surface area contributed by atoms with Gasteiger partial charge in [-0.15, -0.1) is 10.1 Å². The third-order valence-electron chi connectivity index (χ3n) is 5.56. The summed E-state index contributed by atoms with van der Waals surface area (Å²) in [7, 11) is 20.0. The number of hydrogen-bond acceptors (Lipinski definition) is 6. The zero-order chi connectivity index (χ0) is 29.4. The van der Waals surface area contributed by atoms with Crippen LogP contribution in [0.1, 0.15) is 66.5 Å². The molecule has 2 atom stereocenters. The molecule has 0 amide bonds. The van der Waals surface area contributed by atoms with E-state index in [2.05, 4.69) is 75.8 Å². The molecule has 0 aliphatic carbocycles. The van der Waals surface area contributed by atoms with Crippen LogP contribution in [0.4, 0.5) is 0 Å². The molecule has 0 N–H and O–H groups in total. The van der Waals surface area contributed by atoms with E-state index < -0.39 is 11.9 Å². The average molecular weight is 802 g/mol. The molecule has 2 aliphatic rings. The molecular weight excluding hydrogens is 761 g/mol. The molecule has 2 aromatic rings. The van der Waals surface area contributed by atoms with Gasteiger partial charge < -0.3 is 9.68 Å². The van der Waals surface area contributed by atoms with E-state index in [0.29, 0.717) is 0 Å². The third kappa shape index (κ3) is 13.1. The second-order valence-corrected chi connectivity index (χ2v) is 31.0. The normalized spacial score (nSPS) is 20.4. The fraction of sp³-hybridized carbons (Fsp3) is 0.500. The zero-order valence-electron chi connectivity index (χ0n) is 23.8. The molecule has 2 aromatic carbocycles. The molecule has 2 aliphatic heterocycles. The topological polar surface area (TPSA) is 49.7 Å². The van der Waals surface area contributed by atoms with Crippen molar-refractivity contribution in [3.8, 4) is 0 Å². The summed E-state index contributed by atoms with van der Waals surface area (Å²) in [4.78, 5) is 20.5. The van der Waals surface area contributed by atoms with Gasteiger partial charge in [0.2, 0.25) is 11.8 Å². The van der Waals surface area contributed by atoms with Crippen LogP contribution >= 0.6 is 37.7 Å². The summed E-state index contributed by atoms with van der Waals surface area (Å²) >= 11 is -3.06. The molecule has 0 aromatic heterocycles. The predicted molar refractivity (Wildman–Crippen MR) is 162 cm³/mol. The molecule has 2 unspecified atom stereocenters. The van der Waals surface area contributed by atoms with Gasteiger partial charge in [0.1, 0.15) is 12.3 Å². The van der Waals surface area contributed by atoms with Crippen LogP contribution in [-0.4, -0.2) is 34.3 Å². The maximum absolute atomic E-state index is 5.69. The number of hydrogen-bond donors (Lipinski definition) is 0. The summed E-state index contributed by atoms with van der Waals surface area (Å²) in [5, 5.41) is 3.93. The van der Waals surface area contributed by atoms with E-state index in [4.69, 9.17) is 47.3 Å². The van der Waals surface area contributed by atoms with Crippen LogP contribution in [-0.2, 0) is 34.7 Å². The van der Waals surface area contributed by atoms with Gasteiger partial charge >= 0.3 is 49.6 Å². The fourth-order valence-corrected chi connectivity index (χ4v) is 3.98. The van der Waals surface area contributed by atoms with Gasteiger partial charge in [0.25, 0.3) is 0 Å². The standard InChI is InChI=1S/2C14H20N2O.4ClH.Pt/c2*1-11-15-13(14(2,3)4)16(17-11)10-12-8-6-5-7-9-12;;;;;/h2*5-9,13H,10H2,1-4H3;4*1H;/q;;;;;;+4/p-4. The van der Waals surface area contributed by atoms with E-state index in [9.17, 15) is 0 Å². The Bertz CT molecular complexity index is 997. The molecule has 0 radical (unpaired) electrons. The molecule has 6 nitrogen and oxygen atoms in total. The van der Waals surface area contributed by atoms with Crippen molar-refractivity contribution in [2.45, 2.75) is 80.8 Å². The molecule has 11 heteroatoms. The van der Waals surface area contributed by atoms with Crippen LogP contribution < -0.4 is 0 Å². The Balaban J connectivity index is 0.000000234. The summed E-state index contributed by atoms with van der Waals surface area (Å²) < 4.78 is 0. The van der Waals surface area contributed by atoms with Crippen LogP contribution in [0.2, 0.25) is 0 Å². The number of hydroxylamine groups is 4. The summed E-state index contributed by atoms with van der Waals surface area (Å²) in [6, 6.07) is 20.7. The van der Waals surface area contributed by atoms with Crippen molar-refractivity contribution in [3.63, 3.8) is 0 Å². The summed E-state index contributed by atoms with van der Waals surface area (Å²) in [6.07, 6.45) is 0.172. The molecule has 0 bridgehead atoms. The van der Waals surface area contributed by atoms with Gasteiger partial charge in [-0.2, -0.15) is 0 Å². The SMILES string of the molecule is CC1=NC(C(C)(C)C)N(Cc2ccccc2)O1.CC1=NC(C(C)(C)C)N(Cc2ccccc2)O1.[Cl][Pt]([Cl])([Cl])[Cl]. The van der Waals surface area contributed by atoms with Crippen molar-refractivity contribution in [2.75, 3.05) is 0 Å². The zero-order valence-corrected chi connectivity index (χ0v) is 29.1. The summed E-state index contributed by atoms with van der Waals surface area (Å²) in [5.41, 5.74) is 2.64. The molecule has 0 fully saturated rings. The Hall–Kier alpha value is -0.852. The van der Waals surface area contributed by atoms with E-state index in [1.165, 1.54) is 11.1 Å². The number of halogens is 4. The Kier molecular flexibility index (Phi) is 13.1. The Morgan fingerprint density at radius 3 is 1.18 bits per heavy atom. The van der Waals surface area contributed by atoms with E-state index in [-0.39, 0.29) is 23.2 Å². The first kappa shape index (κ1) is 34.4. The minimum atomic E-state index is -3.06. The molecule has 39 heavy (non-hydrogen) atoms. The van der Waals surface area contributed by atoms with Crippen LogP contribution in [0, 0.1) is 10.8 Å². The van der Waals surface area contributed by atoms with Crippen molar-refractivity contribution in [3.05, 3.63) is 71.8 Å². The molecular formula is C28H40Cl4N4O2Pt. The molecule has 0 saturated carbocycles. The van der Waals surface area contributed by atoms with E-state index in [1.54, 1.807) is 0 Å². The van der Waals surface area contributed by atoms with Crippen molar-refractivity contribution in [2.24, 2.45) is 20.8 Å². The van der Waals surface area contributed by atoms with Gasteiger partial charge in [0, 0.05) is 24.7 Å². The molecule has 0 saturated heterocycles. The van der Waals surface area contributed by atoms with Gasteiger partial charge in [-0.05, 0) is 11.1 Å². The summed E-state index contributed by atoms with van der Waals surface area (Å²) in [5.74, 6) is 1.50. The quantitative estimate of drug-likeness (QED) is 0.310. The van der Waals surface area contributed by atoms with Crippen molar-refractivity contribution in [1.82, 2.24) is 10.1 Å². The van der Waals surface area contributed by atoms with Gasteiger partial charge in [-0.25, -0.2) is 9.98 Å². The first-order valence-electron chi connectivity index (χ1n) is 12.5. The molecule has 4 rings (SSSR count). The van der Waals surface area contributed by atoms with Gasteiger partial charge in [0.05, 0.1) is 13.1 Å². The average Bonchev–Trinajstić information content (AvgIpc) is 3.36. The Labute approximate surface area is 253 Å². The van der Waals surface area contributed by atoms with Crippen LogP contribution in [0.3, 0.4) is 0 Å². The third-order valence-corrected chi connectivity index (χ3v) is 5.56. The van der Waals surface area contributed by atoms with Gasteiger partial charge in [0.15, 0.2) is 0 Å². The number of nitrogens with zero attached hydrogens (tertiary/aromatic N) is 4. The predicted octanol–water partition coefficient (Wildman–Crippen LogP) is 9.20.